The summed E-state index contributed by atoms with van der Waals surface area (Å²) in [7, 11) is 0. The Morgan fingerprint density at radius 3 is 1.30 bits per heavy atom. The van der Waals surface area contributed by atoms with Gasteiger partial charge in [-0.1, -0.05) is 170 Å². The Morgan fingerprint density at radius 2 is 0.757 bits per heavy atom. The van der Waals surface area contributed by atoms with Gasteiger partial charge in [0.05, 0.1) is 66.4 Å². The third-order valence-corrected chi connectivity index (χ3v) is 13.7. The third kappa shape index (κ3) is 5.54. The zero-order chi connectivity index (χ0) is 52.8. The topological polar surface area (TPSA) is 58.4 Å². The minimum Gasteiger partial charge on any atom is -0.309 e. The Kier molecular flexibility index (Phi) is 6.71. The van der Waals surface area contributed by atoms with Crippen molar-refractivity contribution in [3.8, 4) is 45.8 Å². The molecule has 0 fully saturated rings. The molecule has 0 saturated heterocycles. The van der Waals surface area contributed by atoms with Crippen LogP contribution in [0, 0.1) is 0 Å². The van der Waals surface area contributed by atoms with Crippen LogP contribution in [-0.4, -0.2) is 33.2 Å². The van der Waals surface area contributed by atoms with Crippen molar-refractivity contribution in [1.29, 1.82) is 0 Å². The highest BCUT2D eigenvalue weighted by atomic mass is 15.3. The normalized spacial score (nSPS) is 13.6. The maximum Gasteiger partial charge on any atom is 0.240 e. The van der Waals surface area contributed by atoms with E-state index in [1.807, 2.05) is 103 Å². The van der Waals surface area contributed by atoms with Crippen LogP contribution in [0.25, 0.3) is 133 Å². The van der Waals surface area contributed by atoms with Gasteiger partial charge in [0.15, 0.2) is 5.82 Å². The van der Waals surface area contributed by atoms with Crippen LogP contribution in [0.15, 0.2) is 236 Å². The summed E-state index contributed by atoms with van der Waals surface area (Å²) in [5.74, 6) is 0.214. The van der Waals surface area contributed by atoms with Crippen molar-refractivity contribution in [1.82, 2.24) is 33.2 Å². The average Bonchev–Trinajstić information content (AvgIpc) is 4.34. The van der Waals surface area contributed by atoms with Gasteiger partial charge in [-0.05, 0) is 77.8 Å². The van der Waals surface area contributed by atoms with Gasteiger partial charge < -0.3 is 9.13 Å². The first-order valence-corrected chi connectivity index (χ1v) is 23.1. The fourth-order valence-electron chi connectivity index (χ4n) is 10.8. The average molecular weight is 902 g/mol. The maximum atomic E-state index is 9.51. The summed E-state index contributed by atoms with van der Waals surface area (Å²) in [6.45, 7) is 0. The second-order valence-electron chi connectivity index (χ2n) is 17.4. The van der Waals surface area contributed by atoms with Gasteiger partial charge >= 0.3 is 0 Å². The number of hydrogen-bond donors (Lipinski definition) is 0. The van der Waals surface area contributed by atoms with E-state index < -0.39 is 12.1 Å². The van der Waals surface area contributed by atoms with E-state index in [4.69, 9.17) is 20.4 Å². The first-order valence-electron chi connectivity index (χ1n) is 27.1. The van der Waals surface area contributed by atoms with Crippen molar-refractivity contribution >= 4 is 87.2 Å². The van der Waals surface area contributed by atoms with Crippen LogP contribution in [0.4, 0.5) is 0 Å². The van der Waals surface area contributed by atoms with Gasteiger partial charge in [0.25, 0.3) is 0 Å². The third-order valence-electron chi connectivity index (χ3n) is 13.7. The molecule has 5 heterocycles. The number of rotatable bonds is 6. The second kappa shape index (κ2) is 15.0. The summed E-state index contributed by atoms with van der Waals surface area (Å²) < 4.78 is 80.9. The van der Waals surface area contributed by atoms with E-state index in [-0.39, 0.29) is 65.0 Å². The number of nitrogens with zero attached hydrogens (tertiary/aromatic N) is 7. The Labute approximate surface area is 412 Å². The van der Waals surface area contributed by atoms with Gasteiger partial charge in [-0.25, -0.2) is 0 Å². The molecule has 0 bridgehead atoms. The zero-order valence-corrected chi connectivity index (χ0v) is 37.0. The molecule has 326 valence electrons. The molecular weight excluding hydrogens is 855 g/mol. The summed E-state index contributed by atoms with van der Waals surface area (Å²) in [5, 5.41) is 5.93. The lowest BCUT2D eigenvalue weighted by Crippen LogP contribution is -2.11. The van der Waals surface area contributed by atoms with Crippen molar-refractivity contribution in [3.63, 3.8) is 0 Å². The minimum absolute atomic E-state index is 0.0145. The van der Waals surface area contributed by atoms with Crippen LogP contribution in [0.3, 0.4) is 0 Å². The number of fused-ring (bicyclic) bond motifs is 12. The smallest absolute Gasteiger partial charge is 0.240 e. The molecule has 5 aromatic heterocycles. The number of para-hydroxylation sites is 8. The molecule has 15 aromatic rings. The molecule has 7 nitrogen and oxygen atoms in total. The summed E-state index contributed by atoms with van der Waals surface area (Å²) in [5.41, 5.74) is 9.17. The lowest BCUT2D eigenvalue weighted by molar-refractivity contribution is 0.892. The first kappa shape index (κ1) is 31.4. The highest BCUT2D eigenvalue weighted by Gasteiger charge is 2.26. The first-order chi connectivity index (χ1) is 38.1. The quantitative estimate of drug-likeness (QED) is 0.167. The molecule has 0 aliphatic carbocycles. The molecule has 0 saturated carbocycles. The zero-order valence-electron chi connectivity index (χ0n) is 45.0. The predicted octanol–water partition coefficient (Wildman–Crippen LogP) is 15.6. The molecule has 0 aliphatic heterocycles. The van der Waals surface area contributed by atoms with E-state index in [1.54, 1.807) is 9.13 Å². The van der Waals surface area contributed by atoms with E-state index >= 15 is 0 Å². The van der Waals surface area contributed by atoms with Crippen molar-refractivity contribution in [3.05, 3.63) is 236 Å². The van der Waals surface area contributed by atoms with Gasteiger partial charge in [0.2, 0.25) is 11.9 Å². The molecule has 0 amide bonds. The molecule has 10 aromatic carbocycles. The number of hydrogen-bond acceptors (Lipinski definition) is 3. The summed E-state index contributed by atoms with van der Waals surface area (Å²) in [6, 6.07) is 59.8. The van der Waals surface area contributed by atoms with Crippen molar-refractivity contribution in [2.45, 2.75) is 0 Å². The predicted molar refractivity (Wildman–Crippen MR) is 288 cm³/mol. The van der Waals surface area contributed by atoms with Gasteiger partial charge in [-0.15, -0.1) is 0 Å². The van der Waals surface area contributed by atoms with Crippen molar-refractivity contribution in [2.24, 2.45) is 0 Å². The maximum absolute atomic E-state index is 9.51. The SMILES string of the molecule is [2H]c1c([2H])c([2H])c2c(c1[2H])c1ccccc1n2-c1nc(-c2c(-c3ccc4c5ccccc5n(-c5ccccc5)c4c3)cccc2-n2c3ccccc3c3ccccc32)nc(-n2c3ccccc3c3c([2H])c([2H])c([2H])c([2H])c32)n1. The minimum atomic E-state index is -0.424. The molecule has 0 spiro atoms. The molecule has 0 atom stereocenters. The van der Waals surface area contributed by atoms with Crippen LogP contribution in [0.1, 0.15) is 11.0 Å². The summed E-state index contributed by atoms with van der Waals surface area (Å²) in [4.78, 5) is 16.3. The van der Waals surface area contributed by atoms with Crippen molar-refractivity contribution < 1.29 is 11.0 Å². The molecule has 7 heteroatoms. The van der Waals surface area contributed by atoms with Crippen LogP contribution >= 0.6 is 0 Å². The van der Waals surface area contributed by atoms with Gasteiger partial charge in [0.1, 0.15) is 0 Å². The van der Waals surface area contributed by atoms with E-state index in [0.29, 0.717) is 38.1 Å². The lowest BCUT2D eigenvalue weighted by atomic mass is 9.96. The Bertz CT molecular complexity index is 4890. The Morgan fingerprint density at radius 1 is 0.314 bits per heavy atom. The van der Waals surface area contributed by atoms with Crippen LogP contribution in [-0.2, 0) is 0 Å². The Balaban J connectivity index is 1.14. The lowest BCUT2D eigenvalue weighted by Gasteiger charge is -2.19. The fraction of sp³-hybridized carbons (Fsp3) is 0. The summed E-state index contributed by atoms with van der Waals surface area (Å²) in [6.07, 6.45) is 0. The highest BCUT2D eigenvalue weighted by Crippen LogP contribution is 2.43. The fourth-order valence-corrected chi connectivity index (χ4v) is 10.8. The van der Waals surface area contributed by atoms with E-state index in [0.717, 1.165) is 66.1 Å². The second-order valence-corrected chi connectivity index (χ2v) is 17.4. The standard InChI is InChI=1S/C63H39N7/c1-2-19-41(20-3-1)67-51-29-11-4-27-49(51)50-38-37-40(39-59(50)67)42-28-18-36-58(68-52-30-12-5-21-43(52)44-22-6-13-31-53(44)68)60(42)61-64-62(69-54-32-14-7-23-45(54)46-24-8-15-33-55(46)69)66-63(65-61)70-56-34-16-9-25-47(56)48-26-10-17-35-57(48)70/h1-39H/i7D,9D,14D,16D,23D,25D,32D,34D. The van der Waals surface area contributed by atoms with Gasteiger partial charge in [-0.3, -0.25) is 9.13 Å². The van der Waals surface area contributed by atoms with Crippen LogP contribution < -0.4 is 0 Å². The van der Waals surface area contributed by atoms with Crippen LogP contribution in [0.5, 0.6) is 0 Å². The Hall–Kier alpha value is -9.59. The van der Waals surface area contributed by atoms with Crippen molar-refractivity contribution in [2.75, 3.05) is 0 Å². The van der Waals surface area contributed by atoms with Gasteiger partial charge in [0, 0.05) is 48.8 Å². The molecule has 0 N–H and O–H groups in total. The molecule has 0 unspecified atom stereocenters. The largest absolute Gasteiger partial charge is 0.309 e. The van der Waals surface area contributed by atoms with E-state index in [1.165, 1.54) is 0 Å². The molecule has 70 heavy (non-hydrogen) atoms. The number of benzene rings is 10. The monoisotopic (exact) mass is 901 g/mol. The van der Waals surface area contributed by atoms with Crippen LogP contribution in [0.2, 0.25) is 0 Å². The van der Waals surface area contributed by atoms with E-state index in [2.05, 4.69) is 94.1 Å². The molecule has 15 rings (SSSR count). The number of aromatic nitrogens is 7. The molecular formula is C63H39N7. The molecule has 0 aliphatic rings. The highest BCUT2D eigenvalue weighted by molar-refractivity contribution is 6.13. The molecule has 0 radical (unpaired) electrons. The summed E-state index contributed by atoms with van der Waals surface area (Å²) >= 11 is 0. The van der Waals surface area contributed by atoms with E-state index in [9.17, 15) is 5.48 Å². The van der Waals surface area contributed by atoms with Gasteiger partial charge in [-0.2, -0.15) is 15.0 Å².